The van der Waals surface area contributed by atoms with Crippen LogP contribution in [0, 0.1) is 0 Å². The molecule has 0 heterocycles. The molecule has 0 aliphatic rings. The minimum atomic E-state index is 0.530. The van der Waals surface area contributed by atoms with Gasteiger partial charge in [0.2, 0.25) is 0 Å². The van der Waals surface area contributed by atoms with Gasteiger partial charge in [0, 0.05) is 0 Å². The Morgan fingerprint density at radius 2 is 0.938 bits per heavy atom. The minimum Gasteiger partial charge on any atom is -0.489 e. The summed E-state index contributed by atoms with van der Waals surface area (Å²) >= 11 is 0. The molecule has 158 valence electrons. The van der Waals surface area contributed by atoms with E-state index in [1.807, 2.05) is 109 Å². The molecule has 32 heavy (non-hydrogen) atoms. The fourth-order valence-corrected chi connectivity index (χ4v) is 3.05. The van der Waals surface area contributed by atoms with Crippen molar-refractivity contribution in [3.8, 4) is 11.5 Å². The summed E-state index contributed by atoms with van der Waals surface area (Å²) < 4.78 is 11.7. The highest BCUT2D eigenvalue weighted by Gasteiger charge is 1.98. The Balaban J connectivity index is 1.31. The van der Waals surface area contributed by atoms with Gasteiger partial charge in [-0.15, -0.1) is 0 Å². The Labute approximate surface area is 188 Å². The van der Waals surface area contributed by atoms with E-state index < -0.39 is 0 Å². The highest BCUT2D eigenvalue weighted by molar-refractivity contribution is 5.83. The van der Waals surface area contributed by atoms with E-state index in [0.29, 0.717) is 13.2 Å². The first-order valence-corrected chi connectivity index (χ1v) is 10.5. The van der Waals surface area contributed by atoms with Crippen LogP contribution in [0.15, 0.2) is 119 Å². The van der Waals surface area contributed by atoms with Crippen LogP contribution in [-0.2, 0) is 13.2 Å². The first kappa shape index (κ1) is 21.1. The second-order valence-corrected chi connectivity index (χ2v) is 7.18. The fraction of sp³-hybridized carbons (Fsp3) is 0.0714. The highest BCUT2D eigenvalue weighted by atomic mass is 16.5. The molecule has 0 saturated carbocycles. The third-order valence-electron chi connectivity index (χ3n) is 4.69. The molecular weight excluding hydrogens is 396 g/mol. The van der Waals surface area contributed by atoms with Crippen molar-refractivity contribution in [1.29, 1.82) is 0 Å². The van der Waals surface area contributed by atoms with Crippen LogP contribution in [0.5, 0.6) is 11.5 Å². The van der Waals surface area contributed by atoms with Crippen molar-refractivity contribution in [1.82, 2.24) is 0 Å². The van der Waals surface area contributed by atoms with E-state index in [4.69, 9.17) is 9.47 Å². The number of nitrogens with zero attached hydrogens (tertiary/aromatic N) is 2. The van der Waals surface area contributed by atoms with Gasteiger partial charge in [-0.25, -0.2) is 0 Å². The molecule has 0 N–H and O–H groups in total. The summed E-state index contributed by atoms with van der Waals surface area (Å²) in [6.07, 6.45) is 3.42. The summed E-state index contributed by atoms with van der Waals surface area (Å²) in [4.78, 5) is 0. The maximum Gasteiger partial charge on any atom is 0.120 e. The zero-order valence-corrected chi connectivity index (χ0v) is 17.7. The summed E-state index contributed by atoms with van der Waals surface area (Å²) in [5, 5.41) is 8.34. The quantitative estimate of drug-likeness (QED) is 0.236. The molecule has 0 saturated heterocycles. The topological polar surface area (TPSA) is 43.2 Å². The number of benzene rings is 4. The van der Waals surface area contributed by atoms with Gasteiger partial charge in [-0.05, 0) is 46.5 Å². The van der Waals surface area contributed by atoms with E-state index in [0.717, 1.165) is 33.8 Å². The normalized spacial score (nSPS) is 11.1. The minimum absolute atomic E-state index is 0.530. The predicted molar refractivity (Wildman–Crippen MR) is 130 cm³/mol. The molecule has 4 heteroatoms. The first-order chi connectivity index (χ1) is 15.8. The molecule has 0 atom stereocenters. The standard InChI is InChI=1S/C28H24N2O2/c1-3-9-23(10-4-1)21-31-27-15-7-13-25(17-27)19-29-30-20-26-14-8-16-28(18-26)32-22-24-11-5-2-6-12-24/h1-20H,21-22H2/b29-19-,30-20+. The molecule has 0 aliphatic heterocycles. The van der Waals surface area contributed by atoms with Crippen LogP contribution < -0.4 is 9.47 Å². The molecule has 0 aromatic heterocycles. The van der Waals surface area contributed by atoms with Crippen LogP contribution in [0.4, 0.5) is 0 Å². The lowest BCUT2D eigenvalue weighted by atomic mass is 10.2. The molecule has 0 bridgehead atoms. The number of rotatable bonds is 9. The Morgan fingerprint density at radius 1 is 0.500 bits per heavy atom. The van der Waals surface area contributed by atoms with Crippen molar-refractivity contribution in [2.24, 2.45) is 10.2 Å². The van der Waals surface area contributed by atoms with E-state index in [1.165, 1.54) is 0 Å². The van der Waals surface area contributed by atoms with Crippen LogP contribution in [0.25, 0.3) is 0 Å². The van der Waals surface area contributed by atoms with Crippen molar-refractivity contribution in [3.05, 3.63) is 131 Å². The average Bonchev–Trinajstić information content (AvgIpc) is 2.86. The average molecular weight is 421 g/mol. The van der Waals surface area contributed by atoms with Crippen molar-refractivity contribution in [2.75, 3.05) is 0 Å². The summed E-state index contributed by atoms with van der Waals surface area (Å²) in [6.45, 7) is 1.06. The van der Waals surface area contributed by atoms with E-state index in [1.54, 1.807) is 12.4 Å². The van der Waals surface area contributed by atoms with E-state index in [-0.39, 0.29) is 0 Å². The SMILES string of the molecule is C(=N/N=C/c1cccc(OCc2ccccc2)c1)/c1cccc(OCc2ccccc2)c1. The smallest absolute Gasteiger partial charge is 0.120 e. The second-order valence-electron chi connectivity index (χ2n) is 7.18. The maximum atomic E-state index is 5.86. The third-order valence-corrected chi connectivity index (χ3v) is 4.69. The molecular formula is C28H24N2O2. The lowest BCUT2D eigenvalue weighted by Crippen LogP contribution is -1.95. The Morgan fingerprint density at radius 3 is 1.38 bits per heavy atom. The summed E-state index contributed by atoms with van der Waals surface area (Å²) in [5.74, 6) is 1.59. The molecule has 0 aliphatic carbocycles. The van der Waals surface area contributed by atoms with Gasteiger partial charge in [0.15, 0.2) is 0 Å². The van der Waals surface area contributed by atoms with Gasteiger partial charge in [0.1, 0.15) is 24.7 Å². The molecule has 0 fully saturated rings. The molecule has 4 aromatic carbocycles. The van der Waals surface area contributed by atoms with Gasteiger partial charge in [-0.2, -0.15) is 10.2 Å². The van der Waals surface area contributed by atoms with Crippen LogP contribution in [0.3, 0.4) is 0 Å². The van der Waals surface area contributed by atoms with E-state index in [9.17, 15) is 0 Å². The summed E-state index contributed by atoms with van der Waals surface area (Å²) in [7, 11) is 0. The lowest BCUT2D eigenvalue weighted by molar-refractivity contribution is 0.306. The first-order valence-electron chi connectivity index (χ1n) is 10.5. The molecule has 0 amide bonds. The molecule has 0 radical (unpaired) electrons. The van der Waals surface area contributed by atoms with Crippen LogP contribution in [0.1, 0.15) is 22.3 Å². The Bertz CT molecular complexity index is 1080. The van der Waals surface area contributed by atoms with Crippen molar-refractivity contribution in [3.63, 3.8) is 0 Å². The largest absolute Gasteiger partial charge is 0.489 e. The highest BCUT2D eigenvalue weighted by Crippen LogP contribution is 2.15. The van der Waals surface area contributed by atoms with Gasteiger partial charge in [-0.1, -0.05) is 84.9 Å². The van der Waals surface area contributed by atoms with E-state index in [2.05, 4.69) is 10.2 Å². The van der Waals surface area contributed by atoms with Crippen molar-refractivity contribution >= 4 is 12.4 Å². The number of hydrogen-bond donors (Lipinski definition) is 0. The van der Waals surface area contributed by atoms with Crippen LogP contribution in [-0.4, -0.2) is 12.4 Å². The van der Waals surface area contributed by atoms with Crippen molar-refractivity contribution < 1.29 is 9.47 Å². The zero-order chi connectivity index (χ0) is 21.8. The molecule has 0 unspecified atom stereocenters. The molecule has 0 spiro atoms. The molecule has 4 aromatic rings. The Kier molecular flexibility index (Phi) is 7.42. The molecule has 4 nitrogen and oxygen atoms in total. The number of hydrogen-bond acceptors (Lipinski definition) is 4. The molecule has 4 rings (SSSR count). The van der Waals surface area contributed by atoms with Crippen molar-refractivity contribution in [2.45, 2.75) is 13.2 Å². The van der Waals surface area contributed by atoms with Gasteiger partial charge in [-0.3, -0.25) is 0 Å². The Hall–Kier alpha value is -4.18. The fourth-order valence-electron chi connectivity index (χ4n) is 3.05. The monoisotopic (exact) mass is 420 g/mol. The third kappa shape index (κ3) is 6.67. The van der Waals surface area contributed by atoms with Crippen LogP contribution >= 0.6 is 0 Å². The lowest BCUT2D eigenvalue weighted by Gasteiger charge is -2.06. The van der Waals surface area contributed by atoms with Gasteiger partial charge in [0.05, 0.1) is 12.4 Å². The van der Waals surface area contributed by atoms with Crippen LogP contribution in [0.2, 0.25) is 0 Å². The zero-order valence-electron chi connectivity index (χ0n) is 17.7. The second kappa shape index (κ2) is 11.3. The van der Waals surface area contributed by atoms with Gasteiger partial charge >= 0.3 is 0 Å². The van der Waals surface area contributed by atoms with Gasteiger partial charge in [0.25, 0.3) is 0 Å². The van der Waals surface area contributed by atoms with Gasteiger partial charge < -0.3 is 9.47 Å². The summed E-state index contributed by atoms with van der Waals surface area (Å²) in [6, 6.07) is 35.8. The number of ether oxygens (including phenoxy) is 2. The maximum absolute atomic E-state index is 5.86. The summed E-state index contributed by atoms with van der Waals surface area (Å²) in [5.41, 5.74) is 4.11. The predicted octanol–water partition coefficient (Wildman–Crippen LogP) is 6.30. The van der Waals surface area contributed by atoms with E-state index >= 15 is 0 Å².